The van der Waals surface area contributed by atoms with E-state index in [1.54, 1.807) is 0 Å². The maximum atomic E-state index is 4.41. The summed E-state index contributed by atoms with van der Waals surface area (Å²) in [5.74, 6) is 1.90. The number of rotatable bonds is 3. The highest BCUT2D eigenvalue weighted by molar-refractivity contribution is 5.04. The summed E-state index contributed by atoms with van der Waals surface area (Å²) in [5, 5.41) is 0. The fourth-order valence-electron chi connectivity index (χ4n) is 2.66. The second-order valence-electron chi connectivity index (χ2n) is 4.82. The third kappa shape index (κ3) is 3.05. The Balaban J connectivity index is 1.82. The fourth-order valence-corrected chi connectivity index (χ4v) is 2.66. The monoisotopic (exact) mass is 203 g/mol. The first-order valence-corrected chi connectivity index (χ1v) is 6.28. The summed E-state index contributed by atoms with van der Waals surface area (Å²) < 4.78 is 0. The number of aromatic nitrogens is 1. The highest BCUT2D eigenvalue weighted by Gasteiger charge is 2.20. The molecule has 0 N–H and O–H groups in total. The second-order valence-corrected chi connectivity index (χ2v) is 4.82. The van der Waals surface area contributed by atoms with E-state index in [-0.39, 0.29) is 0 Å². The topological polar surface area (TPSA) is 12.9 Å². The molecule has 1 heteroatoms. The molecule has 2 rings (SSSR count). The van der Waals surface area contributed by atoms with Gasteiger partial charge in [0.25, 0.3) is 0 Å². The lowest BCUT2D eigenvalue weighted by Crippen LogP contribution is -2.16. The van der Waals surface area contributed by atoms with Gasteiger partial charge in [-0.25, -0.2) is 0 Å². The van der Waals surface area contributed by atoms with Crippen LogP contribution in [0.5, 0.6) is 0 Å². The first-order chi connectivity index (χ1) is 7.38. The van der Waals surface area contributed by atoms with Gasteiger partial charge in [0.2, 0.25) is 0 Å². The lowest BCUT2D eigenvalue weighted by molar-refractivity contribution is 0.267. The van der Waals surface area contributed by atoms with E-state index in [4.69, 9.17) is 0 Å². The normalized spacial score (nSPS) is 26.5. The van der Waals surface area contributed by atoms with Gasteiger partial charge in [0, 0.05) is 11.9 Å². The van der Waals surface area contributed by atoms with Crippen molar-refractivity contribution in [3.05, 3.63) is 30.1 Å². The van der Waals surface area contributed by atoms with Crippen LogP contribution in [0.25, 0.3) is 0 Å². The Bertz CT molecular complexity index is 273. The van der Waals surface area contributed by atoms with E-state index in [9.17, 15) is 0 Å². The average molecular weight is 203 g/mol. The van der Waals surface area contributed by atoms with Gasteiger partial charge in [0.1, 0.15) is 0 Å². The Labute approximate surface area is 92.9 Å². The molecular formula is C14H21N. The Hall–Kier alpha value is -0.850. The Morgan fingerprint density at radius 1 is 1.13 bits per heavy atom. The van der Waals surface area contributed by atoms with Crippen LogP contribution < -0.4 is 0 Å². The van der Waals surface area contributed by atoms with Crippen molar-refractivity contribution in [1.82, 2.24) is 4.98 Å². The average Bonchev–Trinajstić information content (AvgIpc) is 2.31. The van der Waals surface area contributed by atoms with Crippen molar-refractivity contribution in [1.29, 1.82) is 0 Å². The minimum absolute atomic E-state index is 0.891. The van der Waals surface area contributed by atoms with Crippen LogP contribution in [-0.2, 0) is 6.42 Å². The summed E-state index contributed by atoms with van der Waals surface area (Å²) in [6, 6.07) is 6.25. The van der Waals surface area contributed by atoms with Crippen LogP contribution in [0, 0.1) is 11.8 Å². The number of pyridine rings is 1. The molecule has 1 aliphatic carbocycles. The zero-order valence-corrected chi connectivity index (χ0v) is 9.65. The zero-order chi connectivity index (χ0) is 10.5. The van der Waals surface area contributed by atoms with Crippen molar-refractivity contribution in [2.24, 2.45) is 11.8 Å². The predicted octanol–water partition coefficient (Wildman–Crippen LogP) is 3.84. The third-order valence-electron chi connectivity index (χ3n) is 3.77. The van der Waals surface area contributed by atoms with Crippen LogP contribution in [0.15, 0.2) is 24.4 Å². The van der Waals surface area contributed by atoms with Crippen LogP contribution in [0.4, 0.5) is 0 Å². The largest absolute Gasteiger partial charge is 0.261 e. The summed E-state index contributed by atoms with van der Waals surface area (Å²) >= 11 is 0. The summed E-state index contributed by atoms with van der Waals surface area (Å²) in [6.07, 6.45) is 10.2. The minimum atomic E-state index is 0.891. The molecule has 0 aromatic carbocycles. The Morgan fingerprint density at radius 3 is 2.47 bits per heavy atom. The molecule has 1 fully saturated rings. The molecule has 1 saturated carbocycles. The highest BCUT2D eigenvalue weighted by Crippen LogP contribution is 2.32. The van der Waals surface area contributed by atoms with Crippen molar-refractivity contribution in [2.45, 2.75) is 45.4 Å². The van der Waals surface area contributed by atoms with E-state index < -0.39 is 0 Å². The molecule has 0 spiro atoms. The molecular weight excluding hydrogens is 182 g/mol. The quantitative estimate of drug-likeness (QED) is 0.727. The summed E-state index contributed by atoms with van der Waals surface area (Å²) in [5.41, 5.74) is 1.28. The van der Waals surface area contributed by atoms with Crippen molar-refractivity contribution < 1.29 is 0 Å². The van der Waals surface area contributed by atoms with Gasteiger partial charge < -0.3 is 0 Å². The van der Waals surface area contributed by atoms with Crippen LogP contribution in [0.2, 0.25) is 0 Å². The van der Waals surface area contributed by atoms with Crippen molar-refractivity contribution in [2.75, 3.05) is 0 Å². The van der Waals surface area contributed by atoms with Crippen molar-refractivity contribution in [3.63, 3.8) is 0 Å². The smallest absolute Gasteiger partial charge is 0.0406 e. The molecule has 1 aromatic heterocycles. The molecule has 0 radical (unpaired) electrons. The zero-order valence-electron chi connectivity index (χ0n) is 9.65. The van der Waals surface area contributed by atoms with Gasteiger partial charge in [-0.1, -0.05) is 32.3 Å². The van der Waals surface area contributed by atoms with E-state index >= 15 is 0 Å². The number of nitrogens with zero attached hydrogens (tertiary/aromatic N) is 1. The van der Waals surface area contributed by atoms with Crippen LogP contribution in [0.3, 0.4) is 0 Å². The van der Waals surface area contributed by atoms with E-state index in [1.165, 1.54) is 44.2 Å². The van der Waals surface area contributed by atoms with Crippen LogP contribution in [0.1, 0.15) is 44.7 Å². The van der Waals surface area contributed by atoms with Gasteiger partial charge in [0.05, 0.1) is 0 Å². The first kappa shape index (κ1) is 10.7. The summed E-state index contributed by atoms with van der Waals surface area (Å²) in [7, 11) is 0. The molecule has 0 bridgehead atoms. The highest BCUT2D eigenvalue weighted by atomic mass is 14.7. The van der Waals surface area contributed by atoms with Crippen molar-refractivity contribution >= 4 is 0 Å². The molecule has 0 atom stereocenters. The molecule has 0 aliphatic heterocycles. The summed E-state index contributed by atoms with van der Waals surface area (Å²) in [4.78, 5) is 4.41. The molecule has 1 aliphatic rings. The molecule has 1 aromatic rings. The molecule has 82 valence electrons. The Kier molecular flexibility index (Phi) is 3.76. The second kappa shape index (κ2) is 5.29. The van der Waals surface area contributed by atoms with E-state index in [0.29, 0.717) is 0 Å². The maximum absolute atomic E-state index is 4.41. The fraction of sp³-hybridized carbons (Fsp3) is 0.643. The van der Waals surface area contributed by atoms with Gasteiger partial charge in [-0.15, -0.1) is 0 Å². The number of hydrogen-bond acceptors (Lipinski definition) is 1. The minimum Gasteiger partial charge on any atom is -0.261 e. The van der Waals surface area contributed by atoms with E-state index in [1.807, 2.05) is 12.3 Å². The van der Waals surface area contributed by atoms with Gasteiger partial charge in [0.15, 0.2) is 0 Å². The predicted molar refractivity (Wildman–Crippen MR) is 63.7 cm³/mol. The van der Waals surface area contributed by atoms with Gasteiger partial charge >= 0.3 is 0 Å². The lowest BCUT2D eigenvalue weighted by atomic mass is 9.79. The van der Waals surface area contributed by atoms with E-state index in [0.717, 1.165) is 11.8 Å². The van der Waals surface area contributed by atoms with Gasteiger partial charge in [-0.2, -0.15) is 0 Å². The molecule has 1 heterocycles. The molecule has 0 saturated heterocycles. The van der Waals surface area contributed by atoms with Gasteiger partial charge in [-0.3, -0.25) is 4.98 Å². The third-order valence-corrected chi connectivity index (χ3v) is 3.77. The molecule has 0 amide bonds. The molecule has 15 heavy (non-hydrogen) atoms. The summed E-state index contributed by atoms with van der Waals surface area (Å²) in [6.45, 7) is 2.32. The van der Waals surface area contributed by atoms with Crippen LogP contribution >= 0.6 is 0 Å². The maximum Gasteiger partial charge on any atom is 0.0406 e. The lowest BCUT2D eigenvalue weighted by Gasteiger charge is -2.27. The van der Waals surface area contributed by atoms with Crippen LogP contribution in [-0.4, -0.2) is 4.98 Å². The van der Waals surface area contributed by atoms with E-state index in [2.05, 4.69) is 24.0 Å². The standard InChI is InChI=1S/C14H21N/c1-2-12-6-8-13(9-7-12)11-14-5-3-4-10-15-14/h3-5,10,12-13H,2,6-9,11H2,1H3. The molecule has 0 unspecified atom stereocenters. The first-order valence-electron chi connectivity index (χ1n) is 6.28. The van der Waals surface area contributed by atoms with Crippen molar-refractivity contribution in [3.8, 4) is 0 Å². The Morgan fingerprint density at radius 2 is 1.87 bits per heavy atom. The SMILES string of the molecule is CCC1CCC(Cc2ccccn2)CC1. The number of hydrogen-bond donors (Lipinski definition) is 0. The van der Waals surface area contributed by atoms with Gasteiger partial charge in [-0.05, 0) is 43.2 Å². The molecule has 1 nitrogen and oxygen atoms in total.